The zero-order chi connectivity index (χ0) is 12.7. The lowest BCUT2D eigenvalue weighted by molar-refractivity contribution is 0.0810. The fourth-order valence-electron chi connectivity index (χ4n) is 1.51. The third-order valence-corrected chi connectivity index (χ3v) is 2.65. The number of aryl methyl sites for hydroxylation is 1. The van der Waals surface area contributed by atoms with Crippen LogP contribution in [0, 0.1) is 6.92 Å². The smallest absolute Gasteiger partial charge is 0.138 e. The molecule has 0 saturated carbocycles. The van der Waals surface area contributed by atoms with Crippen LogP contribution in [0.15, 0.2) is 18.2 Å². The fraction of sp³-hybridized carbons (Fsp3) is 0.538. The van der Waals surface area contributed by atoms with E-state index in [1.807, 2.05) is 25.1 Å². The summed E-state index contributed by atoms with van der Waals surface area (Å²) >= 11 is 6.12. The van der Waals surface area contributed by atoms with Gasteiger partial charge in [-0.25, -0.2) is 0 Å². The van der Waals surface area contributed by atoms with E-state index in [1.165, 1.54) is 0 Å². The van der Waals surface area contributed by atoms with E-state index in [4.69, 9.17) is 21.1 Å². The lowest BCUT2D eigenvalue weighted by Crippen LogP contribution is -2.34. The van der Waals surface area contributed by atoms with Crippen molar-refractivity contribution in [2.75, 3.05) is 26.8 Å². The summed E-state index contributed by atoms with van der Waals surface area (Å²) in [7, 11) is 1.67. The van der Waals surface area contributed by atoms with Gasteiger partial charge in [0.15, 0.2) is 0 Å². The van der Waals surface area contributed by atoms with Crippen molar-refractivity contribution in [2.24, 2.45) is 0 Å². The number of hydrogen-bond donors (Lipinski definition) is 1. The molecule has 0 fully saturated rings. The first-order valence-electron chi connectivity index (χ1n) is 5.79. The highest BCUT2D eigenvalue weighted by Crippen LogP contribution is 2.26. The van der Waals surface area contributed by atoms with Gasteiger partial charge >= 0.3 is 0 Å². The molecule has 1 rings (SSSR count). The van der Waals surface area contributed by atoms with Crippen molar-refractivity contribution in [3.63, 3.8) is 0 Å². The lowest BCUT2D eigenvalue weighted by Gasteiger charge is -2.19. The largest absolute Gasteiger partial charge is 0.485 e. The SMILES string of the molecule is CCNCC(COC)Oc1ccc(C)cc1Cl. The van der Waals surface area contributed by atoms with E-state index < -0.39 is 0 Å². The topological polar surface area (TPSA) is 30.5 Å². The fourth-order valence-corrected chi connectivity index (χ4v) is 1.79. The summed E-state index contributed by atoms with van der Waals surface area (Å²) in [6.45, 7) is 6.25. The van der Waals surface area contributed by atoms with Crippen molar-refractivity contribution in [3.8, 4) is 5.75 Å². The predicted octanol–water partition coefficient (Wildman–Crippen LogP) is 2.65. The molecule has 0 radical (unpaired) electrons. The van der Waals surface area contributed by atoms with Crippen LogP contribution in [-0.4, -0.2) is 32.9 Å². The van der Waals surface area contributed by atoms with Crippen LogP contribution in [-0.2, 0) is 4.74 Å². The van der Waals surface area contributed by atoms with E-state index in [0.29, 0.717) is 17.4 Å². The van der Waals surface area contributed by atoms with Crippen LogP contribution in [0.2, 0.25) is 5.02 Å². The van der Waals surface area contributed by atoms with Gasteiger partial charge in [0.25, 0.3) is 0 Å². The number of benzene rings is 1. The van der Waals surface area contributed by atoms with Crippen LogP contribution >= 0.6 is 11.6 Å². The molecular formula is C13H20ClNO2. The highest BCUT2D eigenvalue weighted by Gasteiger charge is 2.11. The number of hydrogen-bond acceptors (Lipinski definition) is 3. The zero-order valence-electron chi connectivity index (χ0n) is 10.6. The number of halogens is 1. The molecule has 17 heavy (non-hydrogen) atoms. The van der Waals surface area contributed by atoms with E-state index in [9.17, 15) is 0 Å². The van der Waals surface area contributed by atoms with E-state index in [0.717, 1.165) is 18.7 Å². The number of methoxy groups -OCH3 is 1. The average molecular weight is 258 g/mol. The van der Waals surface area contributed by atoms with Gasteiger partial charge in [0.05, 0.1) is 11.6 Å². The Morgan fingerprint density at radius 3 is 2.76 bits per heavy atom. The maximum atomic E-state index is 6.12. The number of ether oxygens (including phenoxy) is 2. The van der Waals surface area contributed by atoms with Crippen molar-refractivity contribution in [3.05, 3.63) is 28.8 Å². The van der Waals surface area contributed by atoms with Crippen molar-refractivity contribution in [1.82, 2.24) is 5.32 Å². The van der Waals surface area contributed by atoms with Crippen molar-refractivity contribution in [2.45, 2.75) is 20.0 Å². The molecule has 4 heteroatoms. The minimum absolute atomic E-state index is 0.0276. The van der Waals surface area contributed by atoms with Crippen LogP contribution in [0.3, 0.4) is 0 Å². The molecule has 0 aliphatic carbocycles. The molecule has 1 unspecified atom stereocenters. The molecule has 1 N–H and O–H groups in total. The van der Waals surface area contributed by atoms with Crippen molar-refractivity contribution in [1.29, 1.82) is 0 Å². The van der Waals surface area contributed by atoms with Gasteiger partial charge in [-0.15, -0.1) is 0 Å². The average Bonchev–Trinajstić information content (AvgIpc) is 2.29. The molecule has 1 aromatic rings. The van der Waals surface area contributed by atoms with Crippen LogP contribution in [0.25, 0.3) is 0 Å². The predicted molar refractivity (Wildman–Crippen MR) is 71.0 cm³/mol. The van der Waals surface area contributed by atoms with Gasteiger partial charge < -0.3 is 14.8 Å². The summed E-state index contributed by atoms with van der Waals surface area (Å²) in [6, 6.07) is 5.78. The molecule has 1 atom stereocenters. The number of likely N-dealkylation sites (N-methyl/N-ethyl adjacent to an activating group) is 1. The molecule has 3 nitrogen and oxygen atoms in total. The molecule has 0 aliphatic heterocycles. The van der Waals surface area contributed by atoms with Gasteiger partial charge in [0, 0.05) is 13.7 Å². The second-order valence-corrected chi connectivity index (χ2v) is 4.34. The van der Waals surface area contributed by atoms with Crippen molar-refractivity contribution >= 4 is 11.6 Å². The van der Waals surface area contributed by atoms with Crippen LogP contribution in [0.1, 0.15) is 12.5 Å². The number of nitrogens with one attached hydrogen (secondary N) is 1. The minimum Gasteiger partial charge on any atom is -0.485 e. The van der Waals surface area contributed by atoms with Crippen LogP contribution in [0.5, 0.6) is 5.75 Å². The summed E-state index contributed by atoms with van der Waals surface area (Å²) < 4.78 is 11.0. The Bertz CT molecular complexity index is 344. The highest BCUT2D eigenvalue weighted by atomic mass is 35.5. The monoisotopic (exact) mass is 257 g/mol. The Labute approximate surface area is 108 Å². The molecule has 0 heterocycles. The van der Waals surface area contributed by atoms with Gasteiger partial charge in [-0.2, -0.15) is 0 Å². The quantitative estimate of drug-likeness (QED) is 0.815. The van der Waals surface area contributed by atoms with Crippen LogP contribution < -0.4 is 10.1 Å². The molecular weight excluding hydrogens is 238 g/mol. The maximum Gasteiger partial charge on any atom is 0.138 e. The molecule has 0 spiro atoms. The Morgan fingerprint density at radius 2 is 2.18 bits per heavy atom. The second kappa shape index (κ2) is 7.54. The van der Waals surface area contributed by atoms with E-state index >= 15 is 0 Å². The summed E-state index contributed by atoms with van der Waals surface area (Å²) in [5.41, 5.74) is 1.12. The Morgan fingerprint density at radius 1 is 1.41 bits per heavy atom. The van der Waals surface area contributed by atoms with E-state index in [2.05, 4.69) is 12.2 Å². The third-order valence-electron chi connectivity index (χ3n) is 2.36. The number of rotatable bonds is 7. The Hall–Kier alpha value is -0.770. The van der Waals surface area contributed by atoms with Crippen molar-refractivity contribution < 1.29 is 9.47 Å². The third kappa shape index (κ3) is 4.94. The molecule has 0 aromatic heterocycles. The molecule has 0 amide bonds. The Balaban J connectivity index is 2.64. The summed E-state index contributed by atoms with van der Waals surface area (Å²) in [5.74, 6) is 0.706. The van der Waals surface area contributed by atoms with Gasteiger partial charge in [0.2, 0.25) is 0 Å². The highest BCUT2D eigenvalue weighted by molar-refractivity contribution is 6.32. The first kappa shape index (κ1) is 14.3. The van der Waals surface area contributed by atoms with Gasteiger partial charge in [0.1, 0.15) is 11.9 Å². The first-order chi connectivity index (χ1) is 8.17. The summed E-state index contributed by atoms with van der Waals surface area (Å²) in [6.07, 6.45) is -0.0276. The van der Waals surface area contributed by atoms with Gasteiger partial charge in [-0.1, -0.05) is 24.6 Å². The molecule has 0 bridgehead atoms. The summed E-state index contributed by atoms with van der Waals surface area (Å²) in [4.78, 5) is 0. The van der Waals surface area contributed by atoms with Gasteiger partial charge in [-0.05, 0) is 31.2 Å². The normalized spacial score (nSPS) is 12.5. The maximum absolute atomic E-state index is 6.12. The minimum atomic E-state index is -0.0276. The molecule has 0 saturated heterocycles. The lowest BCUT2D eigenvalue weighted by atomic mass is 10.2. The second-order valence-electron chi connectivity index (χ2n) is 3.94. The zero-order valence-corrected chi connectivity index (χ0v) is 11.4. The van der Waals surface area contributed by atoms with Crippen LogP contribution in [0.4, 0.5) is 0 Å². The van der Waals surface area contributed by atoms with E-state index in [-0.39, 0.29) is 6.10 Å². The van der Waals surface area contributed by atoms with E-state index in [1.54, 1.807) is 7.11 Å². The standard InChI is InChI=1S/C13H20ClNO2/c1-4-15-8-11(9-16-3)17-13-6-5-10(2)7-12(13)14/h5-7,11,15H,4,8-9H2,1-3H3. The Kier molecular flexibility index (Phi) is 6.34. The first-order valence-corrected chi connectivity index (χ1v) is 6.17. The molecule has 0 aliphatic rings. The summed E-state index contributed by atoms with van der Waals surface area (Å²) in [5, 5.41) is 3.88. The molecule has 96 valence electrons. The molecule has 1 aromatic carbocycles. The van der Waals surface area contributed by atoms with Gasteiger partial charge in [-0.3, -0.25) is 0 Å².